The summed E-state index contributed by atoms with van der Waals surface area (Å²) in [5.41, 5.74) is 8.38. The zero-order chi connectivity index (χ0) is 13.4. The average Bonchev–Trinajstić information content (AvgIpc) is 3.00. The Kier molecular flexibility index (Phi) is 3.31. The van der Waals surface area contributed by atoms with Gasteiger partial charge in [-0.3, -0.25) is 4.79 Å². The third kappa shape index (κ3) is 2.27. The Hall–Kier alpha value is -1.35. The predicted molar refractivity (Wildman–Crippen MR) is 76.7 cm³/mol. The molecule has 3 heteroatoms. The van der Waals surface area contributed by atoms with Gasteiger partial charge in [0, 0.05) is 11.7 Å². The van der Waals surface area contributed by atoms with Gasteiger partial charge >= 0.3 is 0 Å². The summed E-state index contributed by atoms with van der Waals surface area (Å²) in [7, 11) is 0. The van der Waals surface area contributed by atoms with E-state index in [1.807, 2.05) is 12.1 Å². The molecule has 0 radical (unpaired) electrons. The van der Waals surface area contributed by atoms with Crippen LogP contribution in [-0.4, -0.2) is 11.9 Å². The van der Waals surface area contributed by atoms with Crippen LogP contribution in [0, 0.1) is 17.8 Å². The number of hydrogen-bond donors (Lipinski definition) is 2. The molecular weight excluding hydrogens is 236 g/mol. The first kappa shape index (κ1) is 12.7. The van der Waals surface area contributed by atoms with Crippen LogP contribution in [0.15, 0.2) is 24.3 Å². The van der Waals surface area contributed by atoms with Crippen molar-refractivity contribution < 1.29 is 4.79 Å². The monoisotopic (exact) mass is 258 g/mol. The first-order valence-electron chi connectivity index (χ1n) is 7.34. The molecule has 0 heterocycles. The first-order chi connectivity index (χ1) is 9.19. The minimum absolute atomic E-state index is 0.0181. The van der Waals surface area contributed by atoms with Gasteiger partial charge in [-0.05, 0) is 55.2 Å². The van der Waals surface area contributed by atoms with Gasteiger partial charge in [0.2, 0.25) is 5.91 Å². The zero-order valence-corrected chi connectivity index (χ0v) is 11.4. The molecule has 3 rings (SSSR count). The third-order valence-corrected chi connectivity index (χ3v) is 4.91. The summed E-state index contributed by atoms with van der Waals surface area (Å²) in [6.45, 7) is 2.13. The third-order valence-electron chi connectivity index (χ3n) is 4.91. The summed E-state index contributed by atoms with van der Waals surface area (Å²) >= 11 is 0. The van der Waals surface area contributed by atoms with Crippen molar-refractivity contribution in [1.82, 2.24) is 0 Å². The number of aryl methyl sites for hydroxylation is 1. The standard InChI is InChI=1S/C16H22N2O/c1-2-10-3-7-13(8-4-10)18-16(19)14-11-5-6-12(9-11)15(14)17/h3-4,7-8,11-12,14-15H,2,5-6,9,17H2,1H3,(H,18,19). The van der Waals surface area contributed by atoms with Crippen molar-refractivity contribution in [2.75, 3.05) is 5.32 Å². The first-order valence-corrected chi connectivity index (χ1v) is 7.34. The van der Waals surface area contributed by atoms with Gasteiger partial charge < -0.3 is 11.1 Å². The number of hydrogen-bond acceptors (Lipinski definition) is 2. The lowest BCUT2D eigenvalue weighted by Crippen LogP contribution is -2.42. The van der Waals surface area contributed by atoms with Gasteiger partial charge in [0.1, 0.15) is 0 Å². The number of carbonyl (C=O) groups is 1. The van der Waals surface area contributed by atoms with Crippen LogP contribution in [0.5, 0.6) is 0 Å². The molecule has 0 spiro atoms. The van der Waals surface area contributed by atoms with E-state index in [4.69, 9.17) is 5.73 Å². The Bertz CT molecular complexity index is 466. The molecule has 0 aliphatic heterocycles. The van der Waals surface area contributed by atoms with Gasteiger partial charge in [-0.15, -0.1) is 0 Å². The number of nitrogens with two attached hydrogens (primary N) is 1. The van der Waals surface area contributed by atoms with Crippen molar-refractivity contribution in [3.8, 4) is 0 Å². The highest BCUT2D eigenvalue weighted by Gasteiger charge is 2.49. The fourth-order valence-corrected chi connectivity index (χ4v) is 3.77. The van der Waals surface area contributed by atoms with Gasteiger partial charge in [0.15, 0.2) is 0 Å². The van der Waals surface area contributed by atoms with E-state index >= 15 is 0 Å². The lowest BCUT2D eigenvalue weighted by Gasteiger charge is -2.27. The molecule has 2 fully saturated rings. The normalized spacial score (nSPS) is 32.5. The Morgan fingerprint density at radius 1 is 1.26 bits per heavy atom. The molecule has 0 saturated heterocycles. The van der Waals surface area contributed by atoms with Crippen molar-refractivity contribution in [2.24, 2.45) is 23.5 Å². The van der Waals surface area contributed by atoms with E-state index in [0.29, 0.717) is 11.8 Å². The van der Waals surface area contributed by atoms with E-state index in [1.54, 1.807) is 0 Å². The van der Waals surface area contributed by atoms with E-state index in [-0.39, 0.29) is 17.9 Å². The summed E-state index contributed by atoms with van der Waals surface area (Å²) < 4.78 is 0. The molecule has 2 saturated carbocycles. The number of anilines is 1. The van der Waals surface area contributed by atoms with E-state index in [2.05, 4.69) is 24.4 Å². The van der Waals surface area contributed by atoms with Crippen LogP contribution < -0.4 is 11.1 Å². The van der Waals surface area contributed by atoms with Crippen LogP contribution in [-0.2, 0) is 11.2 Å². The Balaban J connectivity index is 1.67. The van der Waals surface area contributed by atoms with Gasteiger partial charge in [0.25, 0.3) is 0 Å². The number of rotatable bonds is 3. The summed E-state index contributed by atoms with van der Waals surface area (Å²) in [6.07, 6.45) is 4.55. The van der Waals surface area contributed by atoms with Crippen LogP contribution in [0.25, 0.3) is 0 Å². The predicted octanol–water partition coefficient (Wildman–Crippen LogP) is 2.56. The molecule has 3 nitrogen and oxygen atoms in total. The molecule has 102 valence electrons. The molecule has 3 N–H and O–H groups in total. The van der Waals surface area contributed by atoms with Gasteiger partial charge in [-0.2, -0.15) is 0 Å². The lowest BCUT2D eigenvalue weighted by atomic mass is 9.84. The highest BCUT2D eigenvalue weighted by atomic mass is 16.2. The summed E-state index contributed by atoms with van der Waals surface area (Å²) in [4.78, 5) is 12.4. The minimum Gasteiger partial charge on any atom is -0.327 e. The molecule has 2 aliphatic carbocycles. The van der Waals surface area contributed by atoms with Crippen LogP contribution in [0.1, 0.15) is 31.7 Å². The molecule has 1 aromatic carbocycles. The number of nitrogens with one attached hydrogen (secondary N) is 1. The van der Waals surface area contributed by atoms with Crippen LogP contribution in [0.2, 0.25) is 0 Å². The van der Waals surface area contributed by atoms with Gasteiger partial charge in [-0.25, -0.2) is 0 Å². The maximum absolute atomic E-state index is 12.4. The second-order valence-corrected chi connectivity index (χ2v) is 5.98. The quantitative estimate of drug-likeness (QED) is 0.875. The number of carbonyl (C=O) groups excluding carboxylic acids is 1. The topological polar surface area (TPSA) is 55.1 Å². The second kappa shape index (κ2) is 4.97. The molecular formula is C16H22N2O. The van der Waals surface area contributed by atoms with Crippen molar-refractivity contribution in [1.29, 1.82) is 0 Å². The molecule has 2 bridgehead atoms. The van der Waals surface area contributed by atoms with Crippen molar-refractivity contribution in [3.63, 3.8) is 0 Å². The Labute approximate surface area is 114 Å². The van der Waals surface area contributed by atoms with Crippen LogP contribution in [0.4, 0.5) is 5.69 Å². The molecule has 19 heavy (non-hydrogen) atoms. The molecule has 4 atom stereocenters. The van der Waals surface area contributed by atoms with Crippen molar-refractivity contribution in [2.45, 2.75) is 38.6 Å². The SMILES string of the molecule is CCc1ccc(NC(=O)C2C3CCC(C3)C2N)cc1. The summed E-state index contributed by atoms with van der Waals surface area (Å²) in [6, 6.07) is 8.16. The largest absolute Gasteiger partial charge is 0.327 e. The summed E-state index contributed by atoms with van der Waals surface area (Å²) in [5.74, 6) is 1.21. The second-order valence-electron chi connectivity index (χ2n) is 5.98. The number of amides is 1. The molecule has 2 aliphatic rings. The van der Waals surface area contributed by atoms with Crippen LogP contribution >= 0.6 is 0 Å². The highest BCUT2D eigenvalue weighted by Crippen LogP contribution is 2.47. The van der Waals surface area contributed by atoms with E-state index in [0.717, 1.165) is 18.5 Å². The van der Waals surface area contributed by atoms with Gasteiger partial charge in [0.05, 0.1) is 5.92 Å². The summed E-state index contributed by atoms with van der Waals surface area (Å²) in [5, 5.41) is 3.03. The Morgan fingerprint density at radius 3 is 2.53 bits per heavy atom. The Morgan fingerprint density at radius 2 is 1.95 bits per heavy atom. The number of fused-ring (bicyclic) bond motifs is 2. The van der Waals surface area contributed by atoms with E-state index in [1.165, 1.54) is 18.4 Å². The maximum atomic E-state index is 12.4. The maximum Gasteiger partial charge on any atom is 0.229 e. The van der Waals surface area contributed by atoms with Crippen molar-refractivity contribution >= 4 is 11.6 Å². The highest BCUT2D eigenvalue weighted by molar-refractivity contribution is 5.93. The molecule has 1 amide bonds. The average molecular weight is 258 g/mol. The van der Waals surface area contributed by atoms with Crippen LogP contribution in [0.3, 0.4) is 0 Å². The minimum atomic E-state index is 0.0181. The molecule has 4 unspecified atom stereocenters. The number of benzene rings is 1. The fourth-order valence-electron chi connectivity index (χ4n) is 3.77. The van der Waals surface area contributed by atoms with Crippen molar-refractivity contribution in [3.05, 3.63) is 29.8 Å². The van der Waals surface area contributed by atoms with E-state index < -0.39 is 0 Å². The smallest absolute Gasteiger partial charge is 0.229 e. The fraction of sp³-hybridized carbons (Fsp3) is 0.562. The van der Waals surface area contributed by atoms with Gasteiger partial charge in [-0.1, -0.05) is 19.1 Å². The molecule has 1 aromatic rings. The lowest BCUT2D eigenvalue weighted by molar-refractivity contribution is -0.121. The van der Waals surface area contributed by atoms with E-state index in [9.17, 15) is 4.79 Å². The zero-order valence-electron chi connectivity index (χ0n) is 11.4. The molecule has 0 aromatic heterocycles.